The zero-order valence-electron chi connectivity index (χ0n) is 16.4. The Balaban J connectivity index is 1.76. The van der Waals surface area contributed by atoms with Gasteiger partial charge >= 0.3 is 0 Å². The highest BCUT2D eigenvalue weighted by Crippen LogP contribution is 2.33. The van der Waals surface area contributed by atoms with Gasteiger partial charge in [-0.25, -0.2) is 0 Å². The summed E-state index contributed by atoms with van der Waals surface area (Å²) >= 11 is 0. The lowest BCUT2D eigenvalue weighted by atomic mass is 10.0. The number of rotatable bonds is 9. The van der Waals surface area contributed by atoms with Crippen molar-refractivity contribution in [1.29, 1.82) is 0 Å². The summed E-state index contributed by atoms with van der Waals surface area (Å²) in [5.74, 6) is 0.407. The largest absolute Gasteiger partial charge is 0.380 e. The number of carbonyl (C=O) groups excluding carboxylic acids is 1. The Bertz CT molecular complexity index is 736. The Labute approximate surface area is 162 Å². The highest BCUT2D eigenvalue weighted by atomic mass is 16.5. The fourth-order valence-corrected chi connectivity index (χ4v) is 3.36. The van der Waals surface area contributed by atoms with Gasteiger partial charge in [-0.1, -0.05) is 49.7 Å². The number of carbonyl (C=O) groups is 1. The van der Waals surface area contributed by atoms with Crippen molar-refractivity contribution in [2.24, 2.45) is 11.7 Å². The van der Waals surface area contributed by atoms with Gasteiger partial charge in [0.15, 0.2) is 0 Å². The molecule has 27 heavy (non-hydrogen) atoms. The SMILES string of the molecule is CCC[C@H](N)CN(C(=O)C1CC1)c1ccc(-c2ccc(COC)cc2)cc1. The smallest absolute Gasteiger partial charge is 0.230 e. The molecule has 0 aromatic heterocycles. The summed E-state index contributed by atoms with van der Waals surface area (Å²) < 4.78 is 5.16. The molecule has 0 unspecified atom stereocenters. The highest BCUT2D eigenvalue weighted by Gasteiger charge is 2.34. The van der Waals surface area contributed by atoms with Crippen molar-refractivity contribution in [1.82, 2.24) is 0 Å². The van der Waals surface area contributed by atoms with Crippen LogP contribution >= 0.6 is 0 Å². The van der Waals surface area contributed by atoms with Gasteiger partial charge in [0.1, 0.15) is 0 Å². The number of hydrogen-bond acceptors (Lipinski definition) is 3. The minimum absolute atomic E-state index is 0.0192. The first-order valence-corrected chi connectivity index (χ1v) is 9.87. The molecule has 1 amide bonds. The summed E-state index contributed by atoms with van der Waals surface area (Å²) in [7, 11) is 1.70. The zero-order chi connectivity index (χ0) is 19.2. The van der Waals surface area contributed by atoms with Crippen LogP contribution in [0.2, 0.25) is 0 Å². The predicted octanol–water partition coefficient (Wildman–Crippen LogP) is 4.37. The minimum atomic E-state index is 0.0192. The van der Waals surface area contributed by atoms with Gasteiger partial charge in [0.2, 0.25) is 5.91 Å². The minimum Gasteiger partial charge on any atom is -0.380 e. The predicted molar refractivity (Wildman–Crippen MR) is 111 cm³/mol. The summed E-state index contributed by atoms with van der Waals surface area (Å²) in [4.78, 5) is 14.7. The van der Waals surface area contributed by atoms with E-state index in [4.69, 9.17) is 10.5 Å². The number of anilines is 1. The van der Waals surface area contributed by atoms with Crippen LogP contribution in [0.4, 0.5) is 5.69 Å². The van der Waals surface area contributed by atoms with Crippen LogP contribution in [0.3, 0.4) is 0 Å². The van der Waals surface area contributed by atoms with Crippen LogP contribution in [0.25, 0.3) is 11.1 Å². The number of nitrogens with zero attached hydrogens (tertiary/aromatic N) is 1. The molecule has 3 rings (SSSR count). The standard InChI is InChI=1S/C23H30N2O2/c1-3-4-21(24)15-25(23(26)20-9-10-20)22-13-11-19(12-14-22)18-7-5-17(6-8-18)16-27-2/h5-8,11-14,20-21H,3-4,9-10,15-16,24H2,1-2H3/t21-/m0/s1. The maximum Gasteiger partial charge on any atom is 0.230 e. The summed E-state index contributed by atoms with van der Waals surface area (Å²) in [5.41, 5.74) is 10.6. The van der Waals surface area contributed by atoms with Gasteiger partial charge in [-0.15, -0.1) is 0 Å². The molecule has 2 aromatic carbocycles. The molecule has 1 atom stereocenters. The van der Waals surface area contributed by atoms with Crippen LogP contribution < -0.4 is 10.6 Å². The molecule has 1 saturated carbocycles. The molecule has 0 aliphatic heterocycles. The first-order chi connectivity index (χ1) is 13.1. The maximum absolute atomic E-state index is 12.8. The van der Waals surface area contributed by atoms with E-state index in [9.17, 15) is 4.79 Å². The molecule has 0 bridgehead atoms. The van der Waals surface area contributed by atoms with Crippen LogP contribution in [0.15, 0.2) is 48.5 Å². The molecule has 1 fully saturated rings. The lowest BCUT2D eigenvalue weighted by molar-refractivity contribution is -0.119. The molecular weight excluding hydrogens is 336 g/mol. The van der Waals surface area contributed by atoms with E-state index >= 15 is 0 Å². The van der Waals surface area contributed by atoms with E-state index < -0.39 is 0 Å². The van der Waals surface area contributed by atoms with E-state index in [1.165, 1.54) is 0 Å². The average Bonchev–Trinajstić information content (AvgIpc) is 3.52. The van der Waals surface area contributed by atoms with E-state index in [-0.39, 0.29) is 17.9 Å². The molecule has 4 nitrogen and oxygen atoms in total. The molecule has 1 aliphatic carbocycles. The molecule has 144 valence electrons. The number of nitrogens with two attached hydrogens (primary N) is 1. The Morgan fingerprint density at radius 2 is 1.70 bits per heavy atom. The molecule has 2 N–H and O–H groups in total. The second kappa shape index (κ2) is 9.16. The van der Waals surface area contributed by atoms with Crippen molar-refractivity contribution in [2.75, 3.05) is 18.6 Å². The lowest BCUT2D eigenvalue weighted by Crippen LogP contribution is -2.42. The molecule has 4 heteroatoms. The third kappa shape index (κ3) is 5.18. The normalized spacial score (nSPS) is 14.8. The van der Waals surface area contributed by atoms with Crippen LogP contribution in [-0.2, 0) is 16.1 Å². The highest BCUT2D eigenvalue weighted by molar-refractivity contribution is 5.96. The van der Waals surface area contributed by atoms with Crippen molar-refractivity contribution in [3.8, 4) is 11.1 Å². The van der Waals surface area contributed by atoms with E-state index in [0.717, 1.165) is 48.1 Å². The van der Waals surface area contributed by atoms with Gasteiger partial charge in [0.25, 0.3) is 0 Å². The van der Waals surface area contributed by atoms with Gasteiger partial charge in [0.05, 0.1) is 6.61 Å². The molecule has 2 aromatic rings. The third-order valence-corrected chi connectivity index (χ3v) is 5.05. The van der Waals surface area contributed by atoms with Crippen LogP contribution in [-0.4, -0.2) is 25.6 Å². The topological polar surface area (TPSA) is 55.6 Å². The van der Waals surface area contributed by atoms with Crippen LogP contribution in [0.1, 0.15) is 38.2 Å². The Morgan fingerprint density at radius 3 is 2.22 bits per heavy atom. The number of amides is 1. The van der Waals surface area contributed by atoms with Gasteiger partial charge in [-0.05, 0) is 48.1 Å². The summed E-state index contributed by atoms with van der Waals surface area (Å²) in [6.45, 7) is 3.34. The fraction of sp³-hybridized carbons (Fsp3) is 0.435. The van der Waals surface area contributed by atoms with E-state index in [1.807, 2.05) is 17.0 Å². The fourth-order valence-electron chi connectivity index (χ4n) is 3.36. The van der Waals surface area contributed by atoms with Crippen molar-refractivity contribution >= 4 is 11.6 Å². The Morgan fingerprint density at radius 1 is 1.11 bits per heavy atom. The van der Waals surface area contributed by atoms with Crippen molar-refractivity contribution in [3.63, 3.8) is 0 Å². The second-order valence-corrected chi connectivity index (χ2v) is 7.45. The lowest BCUT2D eigenvalue weighted by Gasteiger charge is -2.26. The molecule has 0 heterocycles. The quantitative estimate of drug-likeness (QED) is 0.717. The van der Waals surface area contributed by atoms with Gasteiger partial charge in [0, 0.05) is 31.3 Å². The van der Waals surface area contributed by atoms with Crippen LogP contribution in [0, 0.1) is 5.92 Å². The van der Waals surface area contributed by atoms with Gasteiger partial charge in [-0.3, -0.25) is 4.79 Å². The summed E-state index contributed by atoms with van der Waals surface area (Å²) in [6.07, 6.45) is 3.97. The average molecular weight is 367 g/mol. The summed E-state index contributed by atoms with van der Waals surface area (Å²) in [6, 6.07) is 16.6. The zero-order valence-corrected chi connectivity index (χ0v) is 16.4. The molecule has 0 saturated heterocycles. The second-order valence-electron chi connectivity index (χ2n) is 7.45. The number of ether oxygens (including phenoxy) is 1. The Hall–Kier alpha value is -2.17. The van der Waals surface area contributed by atoms with Crippen LogP contribution in [0.5, 0.6) is 0 Å². The van der Waals surface area contributed by atoms with E-state index in [0.29, 0.717) is 13.2 Å². The van der Waals surface area contributed by atoms with E-state index in [2.05, 4.69) is 43.3 Å². The first kappa shape index (κ1) is 19.6. The third-order valence-electron chi connectivity index (χ3n) is 5.05. The molecular formula is C23H30N2O2. The summed E-state index contributed by atoms with van der Waals surface area (Å²) in [5, 5.41) is 0. The van der Waals surface area contributed by atoms with Gasteiger partial charge < -0.3 is 15.4 Å². The monoisotopic (exact) mass is 366 g/mol. The van der Waals surface area contributed by atoms with Crippen molar-refractivity contribution in [3.05, 3.63) is 54.1 Å². The van der Waals surface area contributed by atoms with Crippen molar-refractivity contribution < 1.29 is 9.53 Å². The van der Waals surface area contributed by atoms with Gasteiger partial charge in [-0.2, -0.15) is 0 Å². The molecule has 1 aliphatic rings. The Kier molecular flexibility index (Phi) is 6.64. The number of benzene rings is 2. The maximum atomic E-state index is 12.8. The number of hydrogen-bond donors (Lipinski definition) is 1. The first-order valence-electron chi connectivity index (χ1n) is 9.87. The molecule has 0 spiro atoms. The molecule has 0 radical (unpaired) electrons. The van der Waals surface area contributed by atoms with Crippen molar-refractivity contribution in [2.45, 2.75) is 45.3 Å². The number of methoxy groups -OCH3 is 1. The van der Waals surface area contributed by atoms with E-state index in [1.54, 1.807) is 7.11 Å².